The van der Waals surface area contributed by atoms with E-state index >= 15 is 0 Å². The molecule has 1 aliphatic heterocycles. The van der Waals surface area contributed by atoms with Crippen LogP contribution in [0.15, 0.2) is 0 Å². The average Bonchev–Trinajstić information content (AvgIpc) is 2.76. The van der Waals surface area contributed by atoms with Gasteiger partial charge in [-0.3, -0.25) is 0 Å². The van der Waals surface area contributed by atoms with Crippen LogP contribution in [0.5, 0.6) is 0 Å². The van der Waals surface area contributed by atoms with Crippen molar-refractivity contribution >= 4 is 12.0 Å². The van der Waals surface area contributed by atoms with Crippen LogP contribution in [0.25, 0.3) is 0 Å². The number of ether oxygens (including phenoxy) is 1. The third-order valence-electron chi connectivity index (χ3n) is 3.17. The smallest absolute Gasteiger partial charge is 0.326 e. The van der Waals surface area contributed by atoms with Crippen LogP contribution in [0.2, 0.25) is 0 Å². The van der Waals surface area contributed by atoms with Crippen LogP contribution in [0.4, 0.5) is 4.79 Å². The predicted octanol–water partition coefficient (Wildman–Crippen LogP) is -0.0154. The van der Waals surface area contributed by atoms with Gasteiger partial charge in [0.25, 0.3) is 0 Å². The first kappa shape index (κ1) is 15.7. The molecular weight excluding hydrogens is 252 g/mol. The number of hydrogen-bond acceptors (Lipinski definition) is 4. The molecule has 1 saturated heterocycles. The molecular formula is C12H22N2O5. The number of carbonyl (C=O) groups is 2. The van der Waals surface area contributed by atoms with E-state index in [0.717, 1.165) is 0 Å². The Morgan fingerprint density at radius 1 is 1.42 bits per heavy atom. The molecule has 2 amide bonds. The third kappa shape index (κ3) is 4.07. The molecule has 0 radical (unpaired) electrons. The summed E-state index contributed by atoms with van der Waals surface area (Å²) in [6.07, 6.45) is -0.681. The predicted molar refractivity (Wildman–Crippen MR) is 67.9 cm³/mol. The van der Waals surface area contributed by atoms with E-state index in [-0.39, 0.29) is 19.0 Å². The van der Waals surface area contributed by atoms with Gasteiger partial charge in [0, 0.05) is 32.7 Å². The van der Waals surface area contributed by atoms with Crippen molar-refractivity contribution in [3.05, 3.63) is 0 Å². The van der Waals surface area contributed by atoms with Gasteiger partial charge in [0.05, 0.1) is 12.7 Å². The maximum Gasteiger partial charge on any atom is 0.326 e. The number of amides is 2. The van der Waals surface area contributed by atoms with Gasteiger partial charge in [-0.1, -0.05) is 0 Å². The summed E-state index contributed by atoms with van der Waals surface area (Å²) in [6, 6.07) is -1.30. The Morgan fingerprint density at radius 2 is 2.11 bits per heavy atom. The zero-order chi connectivity index (χ0) is 14.4. The lowest BCUT2D eigenvalue weighted by Crippen LogP contribution is -2.49. The van der Waals surface area contributed by atoms with Crippen molar-refractivity contribution in [2.24, 2.45) is 0 Å². The van der Waals surface area contributed by atoms with Crippen LogP contribution in [0, 0.1) is 0 Å². The maximum atomic E-state index is 12.3. The second kappa shape index (κ2) is 7.30. The Hall–Kier alpha value is -1.34. The van der Waals surface area contributed by atoms with E-state index in [1.54, 1.807) is 0 Å². The van der Waals surface area contributed by atoms with Crippen LogP contribution in [-0.4, -0.2) is 77.0 Å². The molecule has 1 unspecified atom stereocenters. The Morgan fingerprint density at radius 3 is 2.63 bits per heavy atom. The van der Waals surface area contributed by atoms with Crippen LogP contribution >= 0.6 is 0 Å². The highest BCUT2D eigenvalue weighted by atomic mass is 16.5. The minimum Gasteiger partial charge on any atom is -0.480 e. The minimum absolute atomic E-state index is 0.0704. The lowest BCUT2D eigenvalue weighted by molar-refractivity contribution is -0.141. The lowest BCUT2D eigenvalue weighted by atomic mass is 10.2. The van der Waals surface area contributed by atoms with Crippen LogP contribution in [0.3, 0.4) is 0 Å². The number of β-amino-alcohol motifs (C(OH)–C–C–N with tert-alkyl or cyclic N) is 1. The van der Waals surface area contributed by atoms with Crippen molar-refractivity contribution in [2.75, 3.05) is 32.8 Å². The van der Waals surface area contributed by atoms with Gasteiger partial charge in [0.1, 0.15) is 6.04 Å². The molecule has 1 aliphatic rings. The fourth-order valence-electron chi connectivity index (χ4n) is 2.15. The summed E-state index contributed by atoms with van der Waals surface area (Å²) in [7, 11) is 0. The molecule has 2 atom stereocenters. The molecule has 0 aromatic rings. The fraction of sp³-hybridized carbons (Fsp3) is 0.833. The number of carbonyl (C=O) groups excluding carboxylic acids is 1. The number of hydrogen-bond donors (Lipinski definition) is 2. The van der Waals surface area contributed by atoms with Gasteiger partial charge in [0.2, 0.25) is 0 Å². The molecule has 1 fully saturated rings. The van der Waals surface area contributed by atoms with Crippen LogP contribution in [-0.2, 0) is 9.53 Å². The standard InChI is InChI=1S/C12H22N2O5/c1-3-13(5-6-19-4-2)12(18)14-8-9(15)7-10(14)11(16)17/h9-10,15H,3-8H2,1-2H3,(H,16,17)/t9?,10-/m0/s1. The van der Waals surface area contributed by atoms with Gasteiger partial charge >= 0.3 is 12.0 Å². The van der Waals surface area contributed by atoms with E-state index in [1.807, 2.05) is 13.8 Å². The summed E-state index contributed by atoms with van der Waals surface area (Å²) in [5.74, 6) is -1.08. The average molecular weight is 274 g/mol. The molecule has 0 saturated carbocycles. The Bertz CT molecular complexity index is 323. The summed E-state index contributed by atoms with van der Waals surface area (Å²) in [5, 5.41) is 18.6. The topological polar surface area (TPSA) is 90.3 Å². The SMILES string of the molecule is CCOCCN(CC)C(=O)N1CC(O)C[C@H]1C(=O)O. The molecule has 0 spiro atoms. The molecule has 19 heavy (non-hydrogen) atoms. The number of nitrogens with zero attached hydrogens (tertiary/aromatic N) is 2. The van der Waals surface area contributed by atoms with E-state index in [0.29, 0.717) is 26.3 Å². The number of likely N-dealkylation sites (N-methyl/N-ethyl adjacent to an activating group) is 1. The van der Waals surface area contributed by atoms with Gasteiger partial charge in [-0.05, 0) is 13.8 Å². The number of aliphatic hydroxyl groups excluding tert-OH is 1. The molecule has 7 nitrogen and oxygen atoms in total. The largest absolute Gasteiger partial charge is 0.480 e. The number of rotatable bonds is 6. The van der Waals surface area contributed by atoms with Gasteiger partial charge in [-0.15, -0.1) is 0 Å². The zero-order valence-corrected chi connectivity index (χ0v) is 11.4. The number of carboxylic acids is 1. The normalized spacial score (nSPS) is 22.6. The van der Waals surface area contributed by atoms with E-state index < -0.39 is 18.1 Å². The number of aliphatic carboxylic acids is 1. The molecule has 0 bridgehead atoms. The second-order valence-corrected chi connectivity index (χ2v) is 4.46. The molecule has 1 heterocycles. The summed E-state index contributed by atoms with van der Waals surface area (Å²) >= 11 is 0. The van der Waals surface area contributed by atoms with E-state index in [1.165, 1.54) is 9.80 Å². The van der Waals surface area contributed by atoms with Crippen molar-refractivity contribution in [3.63, 3.8) is 0 Å². The van der Waals surface area contributed by atoms with Crippen molar-refractivity contribution in [3.8, 4) is 0 Å². The maximum absolute atomic E-state index is 12.3. The number of carboxylic acid groups (broad SMARTS) is 1. The highest BCUT2D eigenvalue weighted by Gasteiger charge is 2.40. The molecule has 0 aromatic heterocycles. The van der Waals surface area contributed by atoms with Gasteiger partial charge in [0.15, 0.2) is 0 Å². The Balaban J connectivity index is 2.64. The van der Waals surface area contributed by atoms with E-state index in [4.69, 9.17) is 9.84 Å². The van der Waals surface area contributed by atoms with E-state index in [9.17, 15) is 14.7 Å². The van der Waals surface area contributed by atoms with Crippen molar-refractivity contribution in [1.82, 2.24) is 9.80 Å². The number of urea groups is 1. The molecule has 7 heteroatoms. The quantitative estimate of drug-likeness (QED) is 0.665. The fourth-order valence-corrected chi connectivity index (χ4v) is 2.15. The summed E-state index contributed by atoms with van der Waals surface area (Å²) in [5.41, 5.74) is 0. The van der Waals surface area contributed by atoms with Gasteiger partial charge in [-0.25, -0.2) is 9.59 Å². The van der Waals surface area contributed by atoms with Gasteiger partial charge < -0.3 is 24.7 Å². The Kier molecular flexibility index (Phi) is 6.04. The first-order valence-electron chi connectivity index (χ1n) is 6.55. The van der Waals surface area contributed by atoms with Crippen molar-refractivity contribution < 1.29 is 24.5 Å². The van der Waals surface area contributed by atoms with Crippen molar-refractivity contribution in [2.45, 2.75) is 32.4 Å². The Labute approximate surface area is 112 Å². The third-order valence-corrected chi connectivity index (χ3v) is 3.17. The minimum atomic E-state index is -1.08. The van der Waals surface area contributed by atoms with Crippen molar-refractivity contribution in [1.29, 1.82) is 0 Å². The highest BCUT2D eigenvalue weighted by molar-refractivity contribution is 5.83. The zero-order valence-electron chi connectivity index (χ0n) is 11.4. The lowest BCUT2D eigenvalue weighted by Gasteiger charge is -2.29. The molecule has 1 rings (SSSR count). The number of aliphatic hydroxyl groups is 1. The summed E-state index contributed by atoms with van der Waals surface area (Å²) in [6.45, 7) is 5.66. The summed E-state index contributed by atoms with van der Waals surface area (Å²) in [4.78, 5) is 26.1. The monoisotopic (exact) mass is 274 g/mol. The summed E-state index contributed by atoms with van der Waals surface area (Å²) < 4.78 is 5.20. The second-order valence-electron chi connectivity index (χ2n) is 4.46. The molecule has 0 aliphatic carbocycles. The van der Waals surface area contributed by atoms with Gasteiger partial charge in [-0.2, -0.15) is 0 Å². The van der Waals surface area contributed by atoms with E-state index in [2.05, 4.69) is 0 Å². The van der Waals surface area contributed by atoms with Crippen LogP contribution < -0.4 is 0 Å². The highest BCUT2D eigenvalue weighted by Crippen LogP contribution is 2.19. The number of likely N-dealkylation sites (tertiary alicyclic amines) is 1. The molecule has 110 valence electrons. The molecule has 2 N–H and O–H groups in total. The van der Waals surface area contributed by atoms with Crippen LogP contribution in [0.1, 0.15) is 20.3 Å². The first-order valence-corrected chi connectivity index (χ1v) is 6.55. The molecule has 0 aromatic carbocycles. The first-order chi connectivity index (χ1) is 9.01.